The van der Waals surface area contributed by atoms with E-state index in [1.807, 2.05) is 50.6 Å². The van der Waals surface area contributed by atoms with Gasteiger partial charge in [-0.2, -0.15) is 5.10 Å². The van der Waals surface area contributed by atoms with Gasteiger partial charge < -0.3 is 20.1 Å². The third-order valence-corrected chi connectivity index (χ3v) is 5.85. The van der Waals surface area contributed by atoms with Crippen molar-refractivity contribution in [1.82, 2.24) is 20.4 Å². The number of aromatic nitrogens is 2. The van der Waals surface area contributed by atoms with E-state index in [2.05, 4.69) is 29.6 Å². The lowest BCUT2D eigenvalue weighted by Gasteiger charge is -2.22. The Hall–Kier alpha value is -3.03. The highest BCUT2D eigenvalue weighted by Gasteiger charge is 2.25. The van der Waals surface area contributed by atoms with Crippen LogP contribution in [0.1, 0.15) is 64.9 Å². The molecule has 0 fully saturated rings. The van der Waals surface area contributed by atoms with Crippen LogP contribution in [0.25, 0.3) is 11.3 Å². The Labute approximate surface area is 203 Å². The summed E-state index contributed by atoms with van der Waals surface area (Å²) in [5, 5.41) is 10.6. The van der Waals surface area contributed by atoms with Gasteiger partial charge in [-0.15, -0.1) is 0 Å². The summed E-state index contributed by atoms with van der Waals surface area (Å²) in [6.45, 7) is 12.7. The third kappa shape index (κ3) is 6.98. The van der Waals surface area contributed by atoms with Crippen molar-refractivity contribution in [2.24, 2.45) is 11.8 Å². The van der Waals surface area contributed by atoms with Crippen LogP contribution in [0.2, 0.25) is 0 Å². The lowest BCUT2D eigenvalue weighted by atomic mass is 10.00. The van der Waals surface area contributed by atoms with Gasteiger partial charge in [-0.1, -0.05) is 40.2 Å². The van der Waals surface area contributed by atoms with Crippen molar-refractivity contribution in [3.05, 3.63) is 30.0 Å². The molecule has 0 saturated carbocycles. The number of benzene rings is 1. The lowest BCUT2D eigenvalue weighted by Crippen LogP contribution is -2.43. The van der Waals surface area contributed by atoms with E-state index in [1.165, 1.54) is 0 Å². The molecule has 2 N–H and O–H groups in total. The number of ether oxygens (including phenoxy) is 2. The van der Waals surface area contributed by atoms with Crippen molar-refractivity contribution in [2.45, 2.75) is 73.0 Å². The Morgan fingerprint density at radius 2 is 1.65 bits per heavy atom. The first kappa shape index (κ1) is 27.2. The number of amides is 2. The van der Waals surface area contributed by atoms with Gasteiger partial charge in [0.15, 0.2) is 5.69 Å². The van der Waals surface area contributed by atoms with Crippen LogP contribution in [0.15, 0.2) is 24.3 Å². The molecule has 188 valence electrons. The zero-order chi connectivity index (χ0) is 25.4. The van der Waals surface area contributed by atoms with Crippen LogP contribution in [0.5, 0.6) is 11.5 Å². The molecule has 2 atom stereocenters. The molecule has 0 bridgehead atoms. The quantitative estimate of drug-likeness (QED) is 0.481. The molecule has 2 aromatic rings. The van der Waals surface area contributed by atoms with E-state index in [0.717, 1.165) is 17.7 Å². The maximum Gasteiger partial charge on any atom is 0.272 e. The van der Waals surface area contributed by atoms with Crippen molar-refractivity contribution in [1.29, 1.82) is 0 Å². The maximum absolute atomic E-state index is 13.2. The summed E-state index contributed by atoms with van der Waals surface area (Å²) in [5.74, 6) is 1.32. The second kappa shape index (κ2) is 12.4. The molecule has 2 amide bonds. The second-order valence-electron chi connectivity index (χ2n) is 9.40. The second-order valence-corrected chi connectivity index (χ2v) is 9.40. The molecule has 0 spiro atoms. The Morgan fingerprint density at radius 3 is 2.15 bits per heavy atom. The fraction of sp³-hybridized carbons (Fsp3) is 0.577. The zero-order valence-electron chi connectivity index (χ0n) is 21.8. The summed E-state index contributed by atoms with van der Waals surface area (Å²) in [4.78, 5) is 25.6. The summed E-state index contributed by atoms with van der Waals surface area (Å²) in [5.41, 5.74) is 1.79. The minimum Gasteiger partial charge on any atom is -0.496 e. The van der Waals surface area contributed by atoms with Gasteiger partial charge in [0.1, 0.15) is 11.5 Å². The Kier molecular flexibility index (Phi) is 9.96. The molecule has 0 aliphatic heterocycles. The molecular weight excluding hydrogens is 432 g/mol. The van der Waals surface area contributed by atoms with Gasteiger partial charge in [0.05, 0.1) is 25.5 Å². The average molecular weight is 473 g/mol. The molecule has 0 radical (unpaired) electrons. The van der Waals surface area contributed by atoms with E-state index in [9.17, 15) is 9.59 Å². The first-order valence-electron chi connectivity index (χ1n) is 12.0. The highest BCUT2D eigenvalue weighted by molar-refractivity contribution is 5.94. The van der Waals surface area contributed by atoms with Crippen LogP contribution in [0.3, 0.4) is 0 Å². The average Bonchev–Trinajstić information content (AvgIpc) is 3.20. The van der Waals surface area contributed by atoms with E-state index in [0.29, 0.717) is 29.7 Å². The molecular formula is C26H40N4O4. The molecule has 8 heteroatoms. The van der Waals surface area contributed by atoms with Gasteiger partial charge in [0.25, 0.3) is 5.91 Å². The van der Waals surface area contributed by atoms with Crippen LogP contribution < -0.4 is 20.1 Å². The van der Waals surface area contributed by atoms with Gasteiger partial charge in [-0.3, -0.25) is 14.3 Å². The topological polar surface area (TPSA) is 94.5 Å². The molecule has 1 aromatic carbocycles. The fourth-order valence-electron chi connectivity index (χ4n) is 3.67. The summed E-state index contributed by atoms with van der Waals surface area (Å²) in [7, 11) is 3.22. The molecule has 1 aromatic heterocycles. The fourth-order valence-corrected chi connectivity index (χ4v) is 3.67. The normalized spacial score (nSPS) is 13.0. The van der Waals surface area contributed by atoms with Crippen molar-refractivity contribution in [2.75, 3.05) is 14.2 Å². The van der Waals surface area contributed by atoms with E-state index >= 15 is 0 Å². The van der Waals surface area contributed by atoms with E-state index in [-0.39, 0.29) is 36.2 Å². The smallest absolute Gasteiger partial charge is 0.272 e. The number of hydrogen-bond acceptors (Lipinski definition) is 5. The Bertz CT molecular complexity index is 945. The van der Waals surface area contributed by atoms with E-state index < -0.39 is 0 Å². The number of carbonyl (C=O) groups is 2. The summed E-state index contributed by atoms with van der Waals surface area (Å²) >= 11 is 0. The van der Waals surface area contributed by atoms with Gasteiger partial charge in [0, 0.05) is 25.0 Å². The summed E-state index contributed by atoms with van der Waals surface area (Å²) in [6, 6.07) is 7.09. The highest BCUT2D eigenvalue weighted by atomic mass is 16.5. The van der Waals surface area contributed by atoms with Crippen molar-refractivity contribution >= 4 is 11.8 Å². The molecule has 34 heavy (non-hydrogen) atoms. The first-order valence-corrected chi connectivity index (χ1v) is 12.0. The predicted octanol–water partition coefficient (Wildman–Crippen LogP) is 4.28. The number of nitrogens with zero attached hydrogens (tertiary/aromatic N) is 2. The van der Waals surface area contributed by atoms with Crippen LogP contribution in [-0.2, 0) is 11.3 Å². The summed E-state index contributed by atoms with van der Waals surface area (Å²) < 4.78 is 13.1. The molecule has 2 unspecified atom stereocenters. The van der Waals surface area contributed by atoms with Crippen LogP contribution in [0, 0.1) is 11.8 Å². The highest BCUT2D eigenvalue weighted by Crippen LogP contribution is 2.39. The van der Waals surface area contributed by atoms with Gasteiger partial charge in [-0.25, -0.2) is 0 Å². The number of hydrogen-bond donors (Lipinski definition) is 2. The first-order chi connectivity index (χ1) is 16.1. The van der Waals surface area contributed by atoms with Crippen molar-refractivity contribution in [3.63, 3.8) is 0 Å². The molecule has 0 saturated heterocycles. The maximum atomic E-state index is 13.2. The molecule has 1 heterocycles. The lowest BCUT2D eigenvalue weighted by molar-refractivity contribution is -0.122. The van der Waals surface area contributed by atoms with Crippen molar-refractivity contribution in [3.8, 4) is 22.8 Å². The molecule has 0 aliphatic carbocycles. The third-order valence-electron chi connectivity index (χ3n) is 5.85. The zero-order valence-corrected chi connectivity index (χ0v) is 21.8. The Morgan fingerprint density at radius 1 is 1.03 bits per heavy atom. The number of nitrogens with one attached hydrogen (secondary N) is 2. The van der Waals surface area contributed by atoms with Crippen molar-refractivity contribution < 1.29 is 19.1 Å². The minimum absolute atomic E-state index is 0.0469. The molecule has 8 nitrogen and oxygen atoms in total. The standard InChI is InChI=1S/C26H40N4O4/c1-9-18(6)15-30-21(25-22(33-7)11-10-12-23(25)34-8)13-20(29-30)26(32)28-19(16(2)3)14-24(31)27-17(4)5/h10-13,16-19H,9,14-15H2,1-8H3,(H,27,31)(H,28,32). The number of carbonyl (C=O) groups excluding carboxylic acids is 2. The van der Waals surface area contributed by atoms with Crippen LogP contribution in [0.4, 0.5) is 0 Å². The SMILES string of the molecule is CCC(C)Cn1nc(C(=O)NC(CC(=O)NC(C)C)C(C)C)cc1-c1c(OC)cccc1OC. The minimum atomic E-state index is -0.311. The monoisotopic (exact) mass is 472 g/mol. The van der Waals surface area contributed by atoms with Crippen LogP contribution in [-0.4, -0.2) is 47.9 Å². The molecule has 0 aliphatic rings. The molecule has 2 rings (SSSR count). The van der Waals surface area contributed by atoms with Crippen LogP contribution >= 0.6 is 0 Å². The number of methoxy groups -OCH3 is 2. The summed E-state index contributed by atoms with van der Waals surface area (Å²) in [6.07, 6.45) is 1.19. The predicted molar refractivity (Wildman–Crippen MR) is 134 cm³/mol. The number of rotatable bonds is 12. The Balaban J connectivity index is 2.43. The largest absolute Gasteiger partial charge is 0.496 e. The van der Waals surface area contributed by atoms with E-state index in [1.54, 1.807) is 20.3 Å². The van der Waals surface area contributed by atoms with Gasteiger partial charge >= 0.3 is 0 Å². The van der Waals surface area contributed by atoms with Gasteiger partial charge in [-0.05, 0) is 43.9 Å². The van der Waals surface area contributed by atoms with Gasteiger partial charge in [0.2, 0.25) is 5.91 Å². The van der Waals surface area contributed by atoms with E-state index in [4.69, 9.17) is 9.47 Å².